The first-order chi connectivity index (χ1) is 20.1. The van der Waals surface area contributed by atoms with Crippen LogP contribution in [0.25, 0.3) is 0 Å². The van der Waals surface area contributed by atoms with E-state index in [1.54, 1.807) is 43.1 Å². The second-order valence-corrected chi connectivity index (χ2v) is 11.8. The number of amides is 4. The van der Waals surface area contributed by atoms with Gasteiger partial charge in [0.15, 0.2) is 0 Å². The average Bonchev–Trinajstić information content (AvgIpc) is 3.46. The van der Waals surface area contributed by atoms with Crippen molar-refractivity contribution in [3.63, 3.8) is 0 Å². The molecule has 2 aromatic rings. The standard InChI is InChI=1S/C30H31Cl2N5O5/c1-3-42-27(39)21-5-4-10-35(15-21)17-26(38)36-16-25(20-8-6-19(14-33)7-9-20)30(18-36)28(40)37(29(41)34(30)2)24-12-22(31)11-23(32)13-24/h6-9,11-13,21,25H,3-5,10,15-18H2,1-2H3/t21?,25-,30+/m0/s1. The number of urea groups is 1. The summed E-state index contributed by atoms with van der Waals surface area (Å²) in [4.78, 5) is 60.1. The topological polar surface area (TPSA) is 114 Å². The van der Waals surface area contributed by atoms with Gasteiger partial charge in [0.2, 0.25) is 5.91 Å². The summed E-state index contributed by atoms with van der Waals surface area (Å²) in [5.41, 5.74) is 0.0271. The smallest absolute Gasteiger partial charge is 0.332 e. The Kier molecular flexibility index (Phi) is 8.46. The molecule has 4 amide bonds. The monoisotopic (exact) mass is 611 g/mol. The van der Waals surface area contributed by atoms with Crippen LogP contribution >= 0.6 is 23.2 Å². The Balaban J connectivity index is 1.46. The number of anilines is 1. The second kappa shape index (κ2) is 11.9. The predicted molar refractivity (Wildman–Crippen MR) is 156 cm³/mol. The number of nitriles is 1. The van der Waals surface area contributed by atoms with Crippen LogP contribution in [-0.4, -0.2) is 90.4 Å². The van der Waals surface area contributed by atoms with E-state index in [9.17, 15) is 24.4 Å². The van der Waals surface area contributed by atoms with Crippen LogP contribution in [0.3, 0.4) is 0 Å². The first-order valence-electron chi connectivity index (χ1n) is 13.8. The molecule has 12 heteroatoms. The van der Waals surface area contributed by atoms with E-state index in [0.717, 1.165) is 16.9 Å². The number of nitrogens with zero attached hydrogens (tertiary/aromatic N) is 5. The number of hydrogen-bond acceptors (Lipinski definition) is 7. The molecule has 3 fully saturated rings. The molecule has 3 saturated heterocycles. The van der Waals surface area contributed by atoms with Gasteiger partial charge in [0, 0.05) is 36.1 Å². The quantitative estimate of drug-likeness (QED) is 0.359. The SMILES string of the molecule is CCOC(=O)C1CCCN(CC(=O)N2C[C@@H](c3ccc(C#N)cc3)[C@]3(C2)C(=O)N(c2cc(Cl)cc(Cl)c2)C(=O)N3C)C1. The fourth-order valence-corrected chi connectivity index (χ4v) is 6.85. The van der Waals surface area contributed by atoms with Crippen molar-refractivity contribution < 1.29 is 23.9 Å². The molecule has 0 aromatic heterocycles. The van der Waals surface area contributed by atoms with Crippen molar-refractivity contribution in [1.29, 1.82) is 5.26 Å². The molecule has 3 atom stereocenters. The van der Waals surface area contributed by atoms with Crippen LogP contribution in [0, 0.1) is 17.2 Å². The Morgan fingerprint density at radius 3 is 2.43 bits per heavy atom. The molecule has 10 nitrogen and oxygen atoms in total. The molecule has 3 aliphatic heterocycles. The minimum absolute atomic E-state index is 0.0164. The lowest BCUT2D eigenvalue weighted by Gasteiger charge is -2.34. The van der Waals surface area contributed by atoms with Crippen LogP contribution in [0.1, 0.15) is 36.8 Å². The maximum atomic E-state index is 14.3. The molecule has 3 aliphatic rings. The number of rotatable bonds is 6. The fraction of sp³-hybridized carbons (Fsp3) is 0.433. The number of hydrogen-bond donors (Lipinski definition) is 0. The summed E-state index contributed by atoms with van der Waals surface area (Å²) in [5, 5.41) is 9.85. The summed E-state index contributed by atoms with van der Waals surface area (Å²) in [6, 6.07) is 12.9. The summed E-state index contributed by atoms with van der Waals surface area (Å²) in [6.07, 6.45) is 1.48. The van der Waals surface area contributed by atoms with E-state index in [0.29, 0.717) is 31.7 Å². The Morgan fingerprint density at radius 1 is 1.10 bits per heavy atom. The first-order valence-corrected chi connectivity index (χ1v) is 14.6. The van der Waals surface area contributed by atoms with Gasteiger partial charge < -0.3 is 14.5 Å². The largest absolute Gasteiger partial charge is 0.466 e. The van der Waals surface area contributed by atoms with Gasteiger partial charge in [0.25, 0.3) is 5.91 Å². The van der Waals surface area contributed by atoms with Gasteiger partial charge in [-0.05, 0) is 62.2 Å². The van der Waals surface area contributed by atoms with E-state index in [1.807, 2.05) is 4.90 Å². The number of likely N-dealkylation sites (N-methyl/N-ethyl adjacent to an activating group) is 1. The maximum Gasteiger partial charge on any atom is 0.332 e. The lowest BCUT2D eigenvalue weighted by Crippen LogP contribution is -2.54. The van der Waals surface area contributed by atoms with Gasteiger partial charge in [-0.15, -0.1) is 0 Å². The van der Waals surface area contributed by atoms with Gasteiger partial charge in [-0.2, -0.15) is 5.26 Å². The van der Waals surface area contributed by atoms with Gasteiger partial charge in [0.05, 0.1) is 42.9 Å². The number of likely N-dealkylation sites (tertiary alicyclic amines) is 2. The van der Waals surface area contributed by atoms with Crippen molar-refractivity contribution in [2.75, 3.05) is 51.3 Å². The van der Waals surface area contributed by atoms with E-state index in [-0.39, 0.29) is 53.2 Å². The molecular weight excluding hydrogens is 581 g/mol. The van der Waals surface area contributed by atoms with Crippen LogP contribution in [0.4, 0.5) is 10.5 Å². The van der Waals surface area contributed by atoms with E-state index < -0.39 is 23.4 Å². The third kappa shape index (κ3) is 5.33. The molecule has 0 N–H and O–H groups in total. The number of benzene rings is 2. The second-order valence-electron chi connectivity index (χ2n) is 10.9. The van der Waals surface area contributed by atoms with Crippen molar-refractivity contribution in [3.05, 3.63) is 63.6 Å². The Bertz CT molecular complexity index is 1440. The summed E-state index contributed by atoms with van der Waals surface area (Å²) in [5.74, 6) is -1.80. The lowest BCUT2D eigenvalue weighted by molar-refractivity contribution is -0.150. The van der Waals surface area contributed by atoms with Gasteiger partial charge in [-0.25, -0.2) is 9.69 Å². The van der Waals surface area contributed by atoms with E-state index in [1.165, 1.54) is 23.1 Å². The van der Waals surface area contributed by atoms with Crippen LogP contribution in [0.15, 0.2) is 42.5 Å². The Labute approximate surface area is 254 Å². The molecule has 0 radical (unpaired) electrons. The molecule has 5 rings (SSSR count). The normalized spacial score (nSPS) is 24.4. The molecule has 42 heavy (non-hydrogen) atoms. The van der Waals surface area contributed by atoms with Crippen molar-refractivity contribution in [2.45, 2.75) is 31.2 Å². The highest BCUT2D eigenvalue weighted by Crippen LogP contribution is 2.46. The fourth-order valence-electron chi connectivity index (χ4n) is 6.34. The molecule has 1 unspecified atom stereocenters. The van der Waals surface area contributed by atoms with Gasteiger partial charge in [0.1, 0.15) is 5.54 Å². The summed E-state index contributed by atoms with van der Waals surface area (Å²) in [7, 11) is 1.56. The third-order valence-electron chi connectivity index (χ3n) is 8.45. The zero-order valence-corrected chi connectivity index (χ0v) is 24.9. The molecule has 0 bridgehead atoms. The van der Waals surface area contributed by atoms with Crippen LogP contribution in [0.2, 0.25) is 10.0 Å². The number of halogens is 2. The minimum atomic E-state index is -1.40. The molecule has 0 aliphatic carbocycles. The van der Waals surface area contributed by atoms with Gasteiger partial charge in [-0.1, -0.05) is 35.3 Å². The number of piperidine rings is 1. The number of carbonyl (C=O) groups is 4. The van der Waals surface area contributed by atoms with Crippen LogP contribution in [-0.2, 0) is 19.1 Å². The molecule has 1 spiro atoms. The third-order valence-corrected chi connectivity index (χ3v) is 8.88. The molecular formula is C30H31Cl2N5O5. The first kappa shape index (κ1) is 29.8. The van der Waals surface area contributed by atoms with Crippen molar-refractivity contribution in [1.82, 2.24) is 14.7 Å². The van der Waals surface area contributed by atoms with Crippen molar-refractivity contribution in [3.8, 4) is 6.07 Å². The van der Waals surface area contributed by atoms with Gasteiger partial charge in [-0.3, -0.25) is 19.3 Å². The average molecular weight is 613 g/mol. The lowest BCUT2D eigenvalue weighted by atomic mass is 9.80. The summed E-state index contributed by atoms with van der Waals surface area (Å²) < 4.78 is 5.20. The summed E-state index contributed by atoms with van der Waals surface area (Å²) >= 11 is 12.4. The molecule has 3 heterocycles. The molecule has 2 aromatic carbocycles. The number of ether oxygens (including phenoxy) is 1. The highest BCUT2D eigenvalue weighted by atomic mass is 35.5. The van der Waals surface area contributed by atoms with Crippen LogP contribution < -0.4 is 4.90 Å². The van der Waals surface area contributed by atoms with Crippen molar-refractivity contribution >= 4 is 52.7 Å². The zero-order chi connectivity index (χ0) is 30.2. The summed E-state index contributed by atoms with van der Waals surface area (Å²) in [6.45, 7) is 3.41. The minimum Gasteiger partial charge on any atom is -0.466 e. The Morgan fingerprint density at radius 2 is 1.79 bits per heavy atom. The molecule has 0 saturated carbocycles. The predicted octanol–water partition coefficient (Wildman–Crippen LogP) is 3.90. The highest BCUT2D eigenvalue weighted by molar-refractivity contribution is 6.35. The Hall–Kier alpha value is -3.65. The van der Waals surface area contributed by atoms with Crippen LogP contribution in [0.5, 0.6) is 0 Å². The maximum absolute atomic E-state index is 14.3. The highest BCUT2D eigenvalue weighted by Gasteiger charge is 2.65. The van der Waals surface area contributed by atoms with E-state index >= 15 is 0 Å². The van der Waals surface area contributed by atoms with Gasteiger partial charge >= 0.3 is 12.0 Å². The number of carbonyl (C=O) groups excluding carboxylic acids is 4. The van der Waals surface area contributed by atoms with E-state index in [2.05, 4.69) is 6.07 Å². The molecule has 220 valence electrons. The zero-order valence-electron chi connectivity index (χ0n) is 23.4. The number of esters is 1. The van der Waals surface area contributed by atoms with E-state index in [4.69, 9.17) is 27.9 Å². The van der Waals surface area contributed by atoms with Crippen molar-refractivity contribution in [2.24, 2.45) is 5.92 Å². The number of imide groups is 1.